The Balaban J connectivity index is 1.50. The van der Waals surface area contributed by atoms with E-state index in [0.29, 0.717) is 47.5 Å². The zero-order valence-electron chi connectivity index (χ0n) is 21.3. The number of hydrogen-bond acceptors (Lipinski definition) is 6. The molecular formula is C29H31N3O4. The van der Waals surface area contributed by atoms with Crippen molar-refractivity contribution in [2.24, 2.45) is 16.1 Å². The fourth-order valence-electron chi connectivity index (χ4n) is 4.23. The van der Waals surface area contributed by atoms with Gasteiger partial charge in [-0.05, 0) is 47.9 Å². The number of ketones is 1. The van der Waals surface area contributed by atoms with Crippen molar-refractivity contribution in [2.45, 2.75) is 40.5 Å². The van der Waals surface area contributed by atoms with Gasteiger partial charge in [0.2, 0.25) is 0 Å². The van der Waals surface area contributed by atoms with Gasteiger partial charge in [-0.15, -0.1) is 0 Å². The Kier molecular flexibility index (Phi) is 6.93. The van der Waals surface area contributed by atoms with Gasteiger partial charge in [0.15, 0.2) is 0 Å². The third kappa shape index (κ3) is 5.46. The van der Waals surface area contributed by atoms with Gasteiger partial charge in [-0.2, -0.15) is 0 Å². The van der Waals surface area contributed by atoms with E-state index in [9.17, 15) is 9.59 Å². The Labute approximate surface area is 211 Å². The van der Waals surface area contributed by atoms with Crippen LogP contribution in [0.3, 0.4) is 0 Å². The van der Waals surface area contributed by atoms with Crippen LogP contribution in [0.2, 0.25) is 0 Å². The van der Waals surface area contributed by atoms with Crippen LogP contribution in [0.5, 0.6) is 17.2 Å². The minimum atomic E-state index is -0.594. The first-order valence-electron chi connectivity index (χ1n) is 11.8. The van der Waals surface area contributed by atoms with E-state index < -0.39 is 5.91 Å². The average Bonchev–Trinajstić information content (AvgIpc) is 3.29. The summed E-state index contributed by atoms with van der Waals surface area (Å²) < 4.78 is 11.5. The first kappa shape index (κ1) is 25.1. The summed E-state index contributed by atoms with van der Waals surface area (Å²) in [4.78, 5) is 33.5. The number of carbonyl (C=O) groups excluding carboxylic acids is 2. The number of hydrogen-bond donors (Lipinski definition) is 1. The summed E-state index contributed by atoms with van der Waals surface area (Å²) in [6, 6.07) is 10.8. The monoisotopic (exact) mass is 485 g/mol. The molecule has 0 radical (unpaired) electrons. The lowest BCUT2D eigenvalue weighted by Gasteiger charge is -2.16. The quantitative estimate of drug-likeness (QED) is 0.462. The molecule has 0 unspecified atom stereocenters. The second-order valence-corrected chi connectivity index (χ2v) is 10.1. The number of aliphatic imine (C=N–C) groups is 1. The summed E-state index contributed by atoms with van der Waals surface area (Å²) in [7, 11) is 1.48. The van der Waals surface area contributed by atoms with E-state index in [1.807, 2.05) is 25.1 Å². The summed E-state index contributed by atoms with van der Waals surface area (Å²) in [5.41, 5.74) is 10.3. The first-order chi connectivity index (χ1) is 17.0. The first-order valence-corrected chi connectivity index (χ1v) is 11.8. The molecule has 0 spiro atoms. The molecule has 1 aliphatic rings. The van der Waals surface area contributed by atoms with Crippen LogP contribution in [0.4, 0.5) is 0 Å². The van der Waals surface area contributed by atoms with Crippen LogP contribution < -0.4 is 15.2 Å². The molecule has 36 heavy (non-hydrogen) atoms. The molecule has 7 heteroatoms. The molecule has 0 bridgehead atoms. The number of fused-ring (bicyclic) bond motifs is 1. The van der Waals surface area contributed by atoms with Crippen LogP contribution in [0.25, 0.3) is 10.9 Å². The highest BCUT2D eigenvalue weighted by Crippen LogP contribution is 2.34. The summed E-state index contributed by atoms with van der Waals surface area (Å²) >= 11 is 0. The zero-order chi connectivity index (χ0) is 26.0. The number of methoxy groups -OCH3 is 1. The molecule has 2 heterocycles. The Morgan fingerprint density at radius 3 is 2.44 bits per heavy atom. The summed E-state index contributed by atoms with van der Waals surface area (Å²) in [6.45, 7) is 8.92. The van der Waals surface area contributed by atoms with Crippen molar-refractivity contribution in [3.63, 3.8) is 0 Å². The number of nitrogens with zero attached hydrogens (tertiary/aromatic N) is 2. The van der Waals surface area contributed by atoms with E-state index in [-0.39, 0.29) is 16.8 Å². The highest BCUT2D eigenvalue weighted by molar-refractivity contribution is 6.02. The number of amides is 1. The number of Topliss-reactive ketones (excluding diaryl/α,β-unsaturated/α-hetero) is 1. The molecule has 0 saturated heterocycles. The predicted molar refractivity (Wildman–Crippen MR) is 141 cm³/mol. The van der Waals surface area contributed by atoms with Crippen molar-refractivity contribution < 1.29 is 19.1 Å². The van der Waals surface area contributed by atoms with Crippen LogP contribution in [0.15, 0.2) is 59.2 Å². The van der Waals surface area contributed by atoms with Gasteiger partial charge in [-0.25, -0.2) is 0 Å². The van der Waals surface area contributed by atoms with E-state index >= 15 is 0 Å². The molecule has 1 aromatic heterocycles. The Bertz CT molecular complexity index is 1410. The fourth-order valence-corrected chi connectivity index (χ4v) is 4.23. The third-order valence-electron chi connectivity index (χ3n) is 6.13. The van der Waals surface area contributed by atoms with E-state index in [2.05, 4.69) is 36.8 Å². The minimum Gasteiger partial charge on any atom is -0.496 e. The third-order valence-corrected chi connectivity index (χ3v) is 6.13. The van der Waals surface area contributed by atoms with Crippen molar-refractivity contribution in [2.75, 3.05) is 13.7 Å². The molecule has 0 aliphatic carbocycles. The molecule has 0 fully saturated rings. The van der Waals surface area contributed by atoms with Gasteiger partial charge in [-0.3, -0.25) is 19.6 Å². The average molecular weight is 486 g/mol. The summed E-state index contributed by atoms with van der Waals surface area (Å²) in [5, 5.41) is 0.646. The second-order valence-electron chi connectivity index (χ2n) is 10.1. The molecular weight excluding hydrogens is 454 g/mol. The maximum Gasteiger partial charge on any atom is 0.252 e. The van der Waals surface area contributed by atoms with Crippen molar-refractivity contribution in [1.29, 1.82) is 0 Å². The van der Waals surface area contributed by atoms with Crippen LogP contribution in [0.1, 0.15) is 48.7 Å². The lowest BCUT2D eigenvalue weighted by Crippen LogP contribution is -2.16. The Morgan fingerprint density at radius 2 is 1.81 bits per heavy atom. The molecule has 7 nitrogen and oxygen atoms in total. The number of pyridine rings is 1. The lowest BCUT2D eigenvalue weighted by atomic mass is 9.89. The SMILES string of the molecule is COc1cc2nccc(Oc3ccc(CC(=O)CC4=CC(C(C)(C)C)=NC4)cc3C)c2cc1C(N)=O. The van der Waals surface area contributed by atoms with E-state index in [0.717, 1.165) is 22.4 Å². The van der Waals surface area contributed by atoms with Crippen molar-refractivity contribution >= 4 is 28.3 Å². The maximum absolute atomic E-state index is 12.7. The normalized spacial score (nSPS) is 13.4. The number of nitrogens with two attached hydrogens (primary N) is 1. The topological polar surface area (TPSA) is 104 Å². The number of primary amides is 1. The van der Waals surface area contributed by atoms with Crippen LogP contribution in [-0.2, 0) is 11.2 Å². The van der Waals surface area contributed by atoms with E-state index in [4.69, 9.17) is 15.2 Å². The van der Waals surface area contributed by atoms with Crippen LogP contribution >= 0.6 is 0 Å². The lowest BCUT2D eigenvalue weighted by molar-refractivity contribution is -0.117. The van der Waals surface area contributed by atoms with Crippen LogP contribution in [-0.4, -0.2) is 36.0 Å². The van der Waals surface area contributed by atoms with Crippen molar-refractivity contribution in [1.82, 2.24) is 4.98 Å². The van der Waals surface area contributed by atoms with Gasteiger partial charge < -0.3 is 15.2 Å². The molecule has 1 amide bonds. The fraction of sp³-hybridized carbons (Fsp3) is 0.310. The number of rotatable bonds is 8. The van der Waals surface area contributed by atoms with E-state index in [1.165, 1.54) is 7.11 Å². The highest BCUT2D eigenvalue weighted by atomic mass is 16.5. The Hall–Kier alpha value is -4.00. The molecule has 3 aromatic rings. The van der Waals surface area contributed by atoms with Gasteiger partial charge in [0.1, 0.15) is 23.0 Å². The molecule has 2 N–H and O–H groups in total. The van der Waals surface area contributed by atoms with Gasteiger partial charge in [0, 0.05) is 41.6 Å². The largest absolute Gasteiger partial charge is 0.496 e. The molecule has 2 aromatic carbocycles. The van der Waals surface area contributed by atoms with Crippen LogP contribution in [0, 0.1) is 12.3 Å². The van der Waals surface area contributed by atoms with Crippen molar-refractivity contribution in [3.05, 3.63) is 70.9 Å². The molecule has 186 valence electrons. The minimum absolute atomic E-state index is 0.00857. The smallest absolute Gasteiger partial charge is 0.252 e. The van der Waals surface area contributed by atoms with Crippen molar-refractivity contribution in [3.8, 4) is 17.2 Å². The highest BCUT2D eigenvalue weighted by Gasteiger charge is 2.22. The van der Waals surface area contributed by atoms with Gasteiger partial charge in [0.25, 0.3) is 5.91 Å². The number of carbonyl (C=O) groups is 2. The molecule has 0 saturated carbocycles. The number of aromatic nitrogens is 1. The van der Waals surface area contributed by atoms with Gasteiger partial charge in [-0.1, -0.05) is 32.9 Å². The number of benzene rings is 2. The number of aryl methyl sites for hydroxylation is 1. The standard InChI is InChI=1S/C29H31N3O4/c1-17-10-18(11-20(33)12-19-13-27(32-16-19)29(2,3)4)6-7-24(17)36-25-8-9-31-23-15-26(35-5)22(28(30)34)14-21(23)25/h6-10,13-15H,11-12,16H2,1-5H3,(H2,30,34). The molecule has 1 aliphatic heterocycles. The maximum atomic E-state index is 12.7. The Morgan fingerprint density at radius 1 is 1.03 bits per heavy atom. The molecule has 4 rings (SSSR count). The van der Waals surface area contributed by atoms with Gasteiger partial charge >= 0.3 is 0 Å². The second kappa shape index (κ2) is 9.93. The van der Waals surface area contributed by atoms with E-state index in [1.54, 1.807) is 24.4 Å². The molecule has 0 atom stereocenters. The predicted octanol–water partition coefficient (Wildman–Crippen LogP) is 5.37. The number of allylic oxidation sites excluding steroid dienone is 1. The zero-order valence-corrected chi connectivity index (χ0v) is 21.3. The number of ether oxygens (including phenoxy) is 2. The summed E-state index contributed by atoms with van der Waals surface area (Å²) in [6.07, 6.45) is 4.46. The summed E-state index contributed by atoms with van der Waals surface area (Å²) in [5.74, 6) is 1.12. The van der Waals surface area contributed by atoms with Gasteiger partial charge in [0.05, 0.1) is 24.7 Å².